The van der Waals surface area contributed by atoms with Crippen LogP contribution in [0, 0.1) is 11.8 Å². The first-order chi connectivity index (χ1) is 10.7. The topological polar surface area (TPSA) is 54.5 Å². The van der Waals surface area contributed by atoms with Crippen molar-refractivity contribution in [1.29, 1.82) is 0 Å². The fourth-order valence-electron chi connectivity index (χ4n) is 3.94. The van der Waals surface area contributed by atoms with E-state index >= 15 is 0 Å². The largest absolute Gasteiger partial charge is 0.481 e. The quantitative estimate of drug-likeness (QED) is 0.909. The maximum Gasteiger partial charge on any atom is 0.322 e. The molecule has 0 aromatic carbocycles. The fraction of sp³-hybridized carbons (Fsp3) is 0.647. The highest BCUT2D eigenvalue weighted by Crippen LogP contribution is 2.38. The number of likely N-dealkylation sites (tertiary alicyclic amines) is 1. The van der Waals surface area contributed by atoms with Gasteiger partial charge < -0.3 is 15.0 Å². The van der Waals surface area contributed by atoms with E-state index in [2.05, 4.69) is 17.2 Å². The Bertz CT molecular complexity index is 517. The van der Waals surface area contributed by atoms with Gasteiger partial charge >= 0.3 is 6.03 Å². The van der Waals surface area contributed by atoms with Crippen molar-refractivity contribution in [2.24, 2.45) is 11.8 Å². The number of fused-ring (bicyclic) bond motifs is 1. The summed E-state index contributed by atoms with van der Waals surface area (Å²) in [7, 11) is 1.58. The first kappa shape index (κ1) is 15.1. The maximum absolute atomic E-state index is 12.6. The number of nitrogens with one attached hydrogen (secondary N) is 1. The van der Waals surface area contributed by atoms with E-state index in [1.807, 2.05) is 11.0 Å². The molecule has 1 aliphatic carbocycles. The van der Waals surface area contributed by atoms with Crippen LogP contribution in [-0.4, -0.2) is 35.6 Å². The van der Waals surface area contributed by atoms with E-state index < -0.39 is 0 Å². The second-order valence-electron chi connectivity index (χ2n) is 6.49. The van der Waals surface area contributed by atoms with Crippen molar-refractivity contribution in [2.75, 3.05) is 19.0 Å². The summed E-state index contributed by atoms with van der Waals surface area (Å²) in [6.45, 7) is 3.20. The van der Waals surface area contributed by atoms with Gasteiger partial charge in [0.1, 0.15) is 0 Å². The number of hydrogen-bond donors (Lipinski definition) is 1. The van der Waals surface area contributed by atoms with Crippen LogP contribution in [-0.2, 0) is 0 Å². The lowest BCUT2D eigenvalue weighted by Crippen LogP contribution is -2.53. The van der Waals surface area contributed by atoms with E-state index in [1.54, 1.807) is 19.4 Å². The summed E-state index contributed by atoms with van der Waals surface area (Å²) >= 11 is 0. The number of carbonyl (C=O) groups is 1. The maximum atomic E-state index is 12.6. The zero-order chi connectivity index (χ0) is 15.5. The molecule has 1 aliphatic heterocycles. The number of amides is 2. The number of hydrogen-bond acceptors (Lipinski definition) is 3. The van der Waals surface area contributed by atoms with E-state index in [1.165, 1.54) is 19.3 Å². The Balaban J connectivity index is 1.67. The number of pyridine rings is 1. The molecule has 1 aromatic rings. The van der Waals surface area contributed by atoms with Gasteiger partial charge in [-0.25, -0.2) is 9.78 Å². The van der Waals surface area contributed by atoms with Gasteiger partial charge in [-0.1, -0.05) is 19.8 Å². The van der Waals surface area contributed by atoms with Crippen LogP contribution in [0.1, 0.15) is 39.0 Å². The Morgan fingerprint density at radius 3 is 2.86 bits per heavy atom. The molecule has 2 amide bonds. The average Bonchev–Trinajstić information content (AvgIpc) is 2.56. The number of rotatable bonds is 2. The van der Waals surface area contributed by atoms with Crippen molar-refractivity contribution in [3.05, 3.63) is 18.3 Å². The van der Waals surface area contributed by atoms with E-state index in [0.717, 1.165) is 31.0 Å². The van der Waals surface area contributed by atoms with Crippen molar-refractivity contribution in [1.82, 2.24) is 9.88 Å². The summed E-state index contributed by atoms with van der Waals surface area (Å²) in [4.78, 5) is 18.8. The lowest BCUT2D eigenvalue weighted by molar-refractivity contribution is 0.0551. The Kier molecular flexibility index (Phi) is 4.50. The normalized spacial score (nSPS) is 27.9. The van der Waals surface area contributed by atoms with Gasteiger partial charge in [0.2, 0.25) is 5.88 Å². The number of urea groups is 1. The lowest BCUT2D eigenvalue weighted by atomic mass is 9.73. The summed E-state index contributed by atoms with van der Waals surface area (Å²) in [5.74, 6) is 1.95. The van der Waals surface area contributed by atoms with Crippen LogP contribution in [0.4, 0.5) is 10.5 Å². The number of nitrogens with zero attached hydrogens (tertiary/aromatic N) is 2. The van der Waals surface area contributed by atoms with Gasteiger partial charge in [0.25, 0.3) is 0 Å². The summed E-state index contributed by atoms with van der Waals surface area (Å²) in [5, 5.41) is 2.98. The van der Waals surface area contributed by atoms with Crippen molar-refractivity contribution in [3.63, 3.8) is 0 Å². The van der Waals surface area contributed by atoms with Crippen LogP contribution in [0.5, 0.6) is 5.88 Å². The SMILES string of the molecule is COc1ccc(NC(=O)N2CCC(C)C3CCCCC32)cn1. The molecule has 2 heterocycles. The monoisotopic (exact) mass is 303 g/mol. The molecule has 5 heteroatoms. The molecule has 3 atom stereocenters. The van der Waals surface area contributed by atoms with E-state index in [4.69, 9.17) is 4.74 Å². The highest BCUT2D eigenvalue weighted by molar-refractivity contribution is 5.89. The van der Waals surface area contributed by atoms with E-state index in [-0.39, 0.29) is 6.03 Å². The predicted molar refractivity (Wildman–Crippen MR) is 86.0 cm³/mol. The lowest BCUT2D eigenvalue weighted by Gasteiger charge is -2.47. The molecule has 0 bridgehead atoms. The summed E-state index contributed by atoms with van der Waals surface area (Å²) in [6, 6.07) is 4.01. The predicted octanol–water partition coefficient (Wildman–Crippen LogP) is 3.52. The number of methoxy groups -OCH3 is 1. The van der Waals surface area contributed by atoms with Crippen LogP contribution in [0.15, 0.2) is 18.3 Å². The first-order valence-electron chi connectivity index (χ1n) is 8.26. The van der Waals surface area contributed by atoms with Gasteiger partial charge in [-0.15, -0.1) is 0 Å². The summed E-state index contributed by atoms with van der Waals surface area (Å²) in [5.41, 5.74) is 0.719. The molecule has 2 fully saturated rings. The van der Waals surface area contributed by atoms with E-state index in [9.17, 15) is 4.79 Å². The average molecular weight is 303 g/mol. The molecule has 0 radical (unpaired) electrons. The van der Waals surface area contributed by atoms with Gasteiger partial charge in [-0.05, 0) is 37.2 Å². The molecule has 1 saturated heterocycles. The zero-order valence-electron chi connectivity index (χ0n) is 13.4. The van der Waals surface area contributed by atoms with Gasteiger partial charge in [0.15, 0.2) is 0 Å². The summed E-state index contributed by atoms with van der Waals surface area (Å²) in [6.07, 6.45) is 7.70. The molecule has 1 N–H and O–H groups in total. The minimum absolute atomic E-state index is 0.00997. The molecule has 5 nitrogen and oxygen atoms in total. The molecule has 1 aromatic heterocycles. The number of aromatic nitrogens is 1. The molecule has 3 rings (SSSR count). The van der Waals surface area contributed by atoms with Crippen LogP contribution in [0.2, 0.25) is 0 Å². The third kappa shape index (κ3) is 3.03. The number of ether oxygens (including phenoxy) is 1. The van der Waals surface area contributed by atoms with Gasteiger partial charge in [0.05, 0.1) is 19.0 Å². The number of piperidine rings is 1. The Labute approximate surface area is 132 Å². The molecule has 2 aliphatic rings. The second kappa shape index (κ2) is 6.55. The smallest absolute Gasteiger partial charge is 0.322 e. The van der Waals surface area contributed by atoms with Crippen molar-refractivity contribution in [3.8, 4) is 5.88 Å². The first-order valence-corrected chi connectivity index (χ1v) is 8.26. The van der Waals surface area contributed by atoms with Crippen molar-refractivity contribution in [2.45, 2.75) is 45.1 Å². The van der Waals surface area contributed by atoms with Crippen LogP contribution >= 0.6 is 0 Å². The molecule has 120 valence electrons. The van der Waals surface area contributed by atoms with Crippen LogP contribution in [0.25, 0.3) is 0 Å². The van der Waals surface area contributed by atoms with Crippen molar-refractivity contribution >= 4 is 11.7 Å². The molecular weight excluding hydrogens is 278 g/mol. The standard InChI is InChI=1S/C17H25N3O2/c1-12-9-10-20(15-6-4-3-5-14(12)15)17(21)19-13-7-8-16(22-2)18-11-13/h7-8,11-12,14-15H,3-6,9-10H2,1-2H3,(H,19,21). The van der Waals surface area contributed by atoms with Gasteiger partial charge in [-0.3, -0.25) is 0 Å². The zero-order valence-corrected chi connectivity index (χ0v) is 13.4. The molecule has 3 unspecified atom stereocenters. The molecule has 22 heavy (non-hydrogen) atoms. The third-order valence-electron chi connectivity index (χ3n) is 5.20. The van der Waals surface area contributed by atoms with Crippen molar-refractivity contribution < 1.29 is 9.53 Å². The number of carbonyl (C=O) groups excluding carboxylic acids is 1. The summed E-state index contributed by atoms with van der Waals surface area (Å²) < 4.78 is 5.04. The highest BCUT2D eigenvalue weighted by Gasteiger charge is 2.39. The van der Waals surface area contributed by atoms with Crippen LogP contribution in [0.3, 0.4) is 0 Å². The molecule has 1 saturated carbocycles. The number of anilines is 1. The minimum Gasteiger partial charge on any atom is -0.481 e. The van der Waals surface area contributed by atoms with Crippen LogP contribution < -0.4 is 10.1 Å². The Morgan fingerprint density at radius 1 is 1.32 bits per heavy atom. The second-order valence-corrected chi connectivity index (χ2v) is 6.49. The third-order valence-corrected chi connectivity index (χ3v) is 5.20. The van der Waals surface area contributed by atoms with E-state index in [0.29, 0.717) is 17.8 Å². The molecule has 0 spiro atoms. The van der Waals surface area contributed by atoms with Gasteiger partial charge in [-0.2, -0.15) is 0 Å². The molecular formula is C17H25N3O2. The van der Waals surface area contributed by atoms with Gasteiger partial charge in [0, 0.05) is 18.7 Å². The Hall–Kier alpha value is -1.78. The fourth-order valence-corrected chi connectivity index (χ4v) is 3.94. The Morgan fingerprint density at radius 2 is 2.14 bits per heavy atom. The minimum atomic E-state index is 0.00997. The highest BCUT2D eigenvalue weighted by atomic mass is 16.5.